The fourth-order valence-corrected chi connectivity index (χ4v) is 11.7. The molecule has 0 amide bonds. The number of hydrogen-bond donors (Lipinski definition) is 10. The van der Waals surface area contributed by atoms with Crippen LogP contribution >= 0.6 is 0 Å². The number of aliphatic carboxylic acids is 5. The topological polar surface area (TPSA) is 350 Å². The van der Waals surface area contributed by atoms with E-state index in [1.165, 1.54) is 0 Å². The molecule has 5 aliphatic rings. The Bertz CT molecular complexity index is 3400. The summed E-state index contributed by atoms with van der Waals surface area (Å²) in [6.07, 6.45) is 110. The van der Waals surface area contributed by atoms with Crippen LogP contribution in [0.25, 0.3) is 0 Å². The van der Waals surface area contributed by atoms with Crippen LogP contribution in [0.5, 0.6) is 0 Å². The summed E-state index contributed by atoms with van der Waals surface area (Å²) in [4.78, 5) is 51.7. The lowest BCUT2D eigenvalue weighted by atomic mass is 10.1. The van der Waals surface area contributed by atoms with Crippen LogP contribution in [0.4, 0.5) is 0 Å². The van der Waals surface area contributed by atoms with Crippen molar-refractivity contribution in [2.24, 2.45) is 0 Å². The van der Waals surface area contributed by atoms with Crippen molar-refractivity contribution in [3.63, 3.8) is 0 Å². The molecule has 0 aromatic carbocycles. The smallest absolute Gasteiger partial charge is 0.303 e. The summed E-state index contributed by atoms with van der Waals surface area (Å²) in [5.41, 5.74) is 0. The zero-order valence-electron chi connectivity index (χ0n) is 73.7. The fourth-order valence-electron chi connectivity index (χ4n) is 11.7. The number of carboxylic acids is 5. The van der Waals surface area contributed by atoms with E-state index in [1.807, 2.05) is 128 Å². The minimum Gasteiger partial charge on any atom is -0.481 e. The third-order valence-corrected chi connectivity index (χ3v) is 19.1. The standard InChI is InChI=1S/C22H32O4.4C20H30O4/c1-2-20-21(26-20)17-13-9-7-5-3-4-6-8-11-15-19(23)16-12-10-14-18-22(24)25;1-2-18-19(24-18)15-11-6-4-3-5-9-13-17(21)14-10-7-8-12-16-20(22)23;1-2-18-19(24-18)15-12-11-14-17(21)13-9-7-5-3-4-6-8-10-16-20(22)23;1-2-18-19(24-18)15-11-9-7-5-3-4-6-8-10-13-17(21)14-12-16-20(22)23;1-2-18-19(24-18)16-17(21)14-12-10-8-6-4-3-5-7-9-11-13-15-20(22)23/h3,5-6,8-13,15,19-21,23H,2,4,7,14,16-18H2,1H3,(H,24,25);3,5-7,9-11,13,17-19,21H,2,4,8,12,14-16H2,1H3,(H,22,23);4-7,9,11-13,17-19,21H,2-3,8,10,14-16H2,1H3,(H,22,23);3,5-6,8-11,13,17-19,21H,2,4,7,12,14-16H2,1H3,(H,22,23);3-4,7-10,12,14,17-19,21H,2,5-6,11,13,15-16H2,1H3,(H,22,23)/b5-3-,8-6-,12-10-,13-9-,15-11+;5-3-,10-7-,11-6-,13-9-;6-4-,7-5-,12-11-,13-9-;5-3-,8-6-,11-9-,13-10+;4-3-,9-7-,10-8-,14-12+. The molecule has 0 aromatic rings. The molecule has 15 atom stereocenters. The van der Waals surface area contributed by atoms with Crippen molar-refractivity contribution in [1.82, 2.24) is 0 Å². The predicted molar refractivity (Wildman–Crippen MR) is 493 cm³/mol. The first-order chi connectivity index (χ1) is 59.2. The quantitative estimate of drug-likeness (QED) is 0.0117. The van der Waals surface area contributed by atoms with E-state index in [1.54, 1.807) is 42.5 Å². The summed E-state index contributed by atoms with van der Waals surface area (Å²) in [6, 6.07) is 0. The lowest BCUT2D eigenvalue weighted by Gasteiger charge is -2.02. The largest absolute Gasteiger partial charge is 0.481 e. The van der Waals surface area contributed by atoms with E-state index in [0.29, 0.717) is 119 Å². The summed E-state index contributed by atoms with van der Waals surface area (Å²) in [5, 5.41) is 91.3. The second-order valence-electron chi connectivity index (χ2n) is 30.0. The van der Waals surface area contributed by atoms with Gasteiger partial charge in [0.05, 0.1) is 91.6 Å². The van der Waals surface area contributed by atoms with Gasteiger partial charge in [0, 0.05) is 38.5 Å². The molecule has 0 saturated carbocycles. The minimum atomic E-state index is -0.821. The van der Waals surface area contributed by atoms with Crippen LogP contribution in [0, 0.1) is 0 Å². The molecule has 5 heterocycles. The molecular weight excluding hydrogens is 1550 g/mol. The van der Waals surface area contributed by atoms with Gasteiger partial charge in [0.15, 0.2) is 0 Å². The molecule has 5 saturated heterocycles. The third-order valence-electron chi connectivity index (χ3n) is 19.1. The van der Waals surface area contributed by atoms with Crippen molar-refractivity contribution in [1.29, 1.82) is 0 Å². The van der Waals surface area contributed by atoms with E-state index < -0.39 is 60.4 Å². The number of allylic oxidation sites excluding steroid dienone is 30. The number of hydrogen-bond acceptors (Lipinski definition) is 15. The number of ether oxygens (including phenoxy) is 5. The first kappa shape index (κ1) is 111. The molecule has 122 heavy (non-hydrogen) atoms. The number of aliphatic hydroxyl groups excluding tert-OH is 5. The molecule has 10 N–H and O–H groups in total. The van der Waals surface area contributed by atoms with Crippen LogP contribution in [0.2, 0.25) is 0 Å². The molecule has 20 heteroatoms. The minimum absolute atomic E-state index is 0.104. The van der Waals surface area contributed by atoms with Crippen molar-refractivity contribution in [3.05, 3.63) is 255 Å². The van der Waals surface area contributed by atoms with Crippen LogP contribution in [-0.2, 0) is 47.7 Å². The number of rotatable bonds is 66. The normalized spacial score (nSPS) is 22.1. The fraction of sp³-hybridized carbons (Fsp3) is 0.539. The van der Waals surface area contributed by atoms with Gasteiger partial charge in [0.1, 0.15) is 0 Å². The van der Waals surface area contributed by atoms with Gasteiger partial charge in [0.2, 0.25) is 0 Å². The Morgan fingerprint density at radius 3 is 0.762 bits per heavy atom. The van der Waals surface area contributed by atoms with Crippen molar-refractivity contribution in [3.8, 4) is 0 Å². The first-order valence-electron chi connectivity index (χ1n) is 44.7. The van der Waals surface area contributed by atoms with Crippen LogP contribution in [0.15, 0.2) is 255 Å². The van der Waals surface area contributed by atoms with Gasteiger partial charge in [0.25, 0.3) is 0 Å². The van der Waals surface area contributed by atoms with Gasteiger partial charge in [-0.1, -0.05) is 290 Å². The molecule has 5 rings (SSSR count). The molecule has 0 aromatic heterocycles. The average Bonchev–Trinajstić information content (AvgIpc) is 1.70. The van der Waals surface area contributed by atoms with Gasteiger partial charge in [-0.2, -0.15) is 0 Å². The second kappa shape index (κ2) is 78.5. The molecule has 0 bridgehead atoms. The molecule has 680 valence electrons. The van der Waals surface area contributed by atoms with E-state index in [-0.39, 0.29) is 38.2 Å². The summed E-state index contributed by atoms with van der Waals surface area (Å²) in [5.74, 6) is -3.86. The molecule has 15 unspecified atom stereocenters. The van der Waals surface area contributed by atoms with Crippen molar-refractivity contribution >= 4 is 29.8 Å². The van der Waals surface area contributed by atoms with Crippen molar-refractivity contribution in [2.45, 2.75) is 351 Å². The summed E-state index contributed by atoms with van der Waals surface area (Å²) in [6.45, 7) is 10.7. The highest BCUT2D eigenvalue weighted by atomic mass is 16.6. The molecule has 0 spiro atoms. The highest BCUT2D eigenvalue weighted by molar-refractivity contribution is 5.68. The third kappa shape index (κ3) is 76.4. The number of carbonyl (C=O) groups is 5. The number of epoxide rings is 5. The Hall–Kier alpha value is -8.51. The van der Waals surface area contributed by atoms with Gasteiger partial charge in [-0.05, 0) is 186 Å². The maximum atomic E-state index is 10.4. The zero-order chi connectivity index (χ0) is 89.5. The maximum Gasteiger partial charge on any atom is 0.303 e. The van der Waals surface area contributed by atoms with Crippen LogP contribution in [0.1, 0.15) is 259 Å². The van der Waals surface area contributed by atoms with Gasteiger partial charge >= 0.3 is 29.8 Å². The van der Waals surface area contributed by atoms with Gasteiger partial charge < -0.3 is 74.7 Å². The molecule has 0 radical (unpaired) electrons. The summed E-state index contributed by atoms with van der Waals surface area (Å²) >= 11 is 0. The van der Waals surface area contributed by atoms with E-state index in [2.05, 4.69) is 120 Å². The van der Waals surface area contributed by atoms with Crippen LogP contribution in [-0.4, -0.2) is 172 Å². The van der Waals surface area contributed by atoms with E-state index >= 15 is 0 Å². The highest BCUT2D eigenvalue weighted by Crippen LogP contribution is 2.32. The number of aliphatic hydroxyl groups is 5. The molecular formula is C102H152O20. The van der Waals surface area contributed by atoms with Gasteiger partial charge in [-0.15, -0.1) is 0 Å². The Balaban J connectivity index is 0.000000763. The average molecular weight is 1700 g/mol. The highest BCUT2D eigenvalue weighted by Gasteiger charge is 2.39. The van der Waals surface area contributed by atoms with Crippen LogP contribution in [0.3, 0.4) is 0 Å². The molecule has 5 fully saturated rings. The number of unbranched alkanes of at least 4 members (excludes halogenated alkanes) is 3. The SMILES string of the molecule is CCC1OC1C/C=C\C/C=C\C/C=C\C=C\C(O)C/C=C\CCC(=O)O.CCC1OC1C/C=C\C/C=C\C/C=C\C=C\C(O)CCCC(=O)O.CCC1OC1C/C=C\C/C=C\C=C/C(O)C/C=C\CCCC(=O)O.CCC1OC1C/C=C\CC(O)/C=C\C=C/C/C=C\CCCC(=O)O.CCC1OC1CC(O)/C=C/C=C\C/C=C\C/C=C\CCCC(=O)O. The van der Waals surface area contributed by atoms with Crippen molar-refractivity contribution < 1.29 is 98.7 Å². The van der Waals surface area contributed by atoms with E-state index in [9.17, 15) is 49.5 Å². The number of carboxylic acid groups (broad SMARTS) is 5. The van der Waals surface area contributed by atoms with E-state index in [4.69, 9.17) is 49.2 Å². The van der Waals surface area contributed by atoms with Crippen LogP contribution < -0.4 is 0 Å². The monoisotopic (exact) mass is 1700 g/mol. The molecule has 5 aliphatic heterocycles. The Labute approximate surface area is 730 Å². The van der Waals surface area contributed by atoms with Gasteiger partial charge in [-0.25, -0.2) is 0 Å². The zero-order valence-corrected chi connectivity index (χ0v) is 73.7. The Kier molecular flexibility index (Phi) is 71.7. The Morgan fingerprint density at radius 2 is 0.467 bits per heavy atom. The Morgan fingerprint density at radius 1 is 0.238 bits per heavy atom. The summed E-state index contributed by atoms with van der Waals surface area (Å²) < 4.78 is 27.3. The lowest BCUT2D eigenvalue weighted by Crippen LogP contribution is -2.07. The molecule has 0 aliphatic carbocycles. The predicted octanol–water partition coefficient (Wildman–Crippen LogP) is 21.4. The van der Waals surface area contributed by atoms with Gasteiger partial charge in [-0.3, -0.25) is 24.0 Å². The summed E-state index contributed by atoms with van der Waals surface area (Å²) in [7, 11) is 0. The lowest BCUT2D eigenvalue weighted by molar-refractivity contribution is -0.138. The molecule has 20 nitrogen and oxygen atoms in total. The van der Waals surface area contributed by atoms with Crippen molar-refractivity contribution in [2.75, 3.05) is 0 Å². The first-order valence-corrected chi connectivity index (χ1v) is 44.7. The maximum absolute atomic E-state index is 10.4. The second-order valence-corrected chi connectivity index (χ2v) is 30.0. The van der Waals surface area contributed by atoms with E-state index in [0.717, 1.165) is 128 Å².